The zero-order chi connectivity index (χ0) is 19.6. The average molecular weight is 364 g/mol. The third-order valence-electron chi connectivity index (χ3n) is 5.23. The number of hydrogen-bond acceptors (Lipinski definition) is 6. The van der Waals surface area contributed by atoms with Gasteiger partial charge in [0, 0.05) is 17.6 Å². The van der Waals surface area contributed by atoms with Crippen molar-refractivity contribution in [2.75, 3.05) is 0 Å². The maximum atomic E-state index is 12.3. The van der Waals surface area contributed by atoms with Gasteiger partial charge in [0.2, 0.25) is 0 Å². The summed E-state index contributed by atoms with van der Waals surface area (Å²) in [6.45, 7) is 10.6. The molecule has 0 amide bonds. The summed E-state index contributed by atoms with van der Waals surface area (Å²) in [4.78, 5) is 24.4. The molecule has 0 saturated carbocycles. The van der Waals surface area contributed by atoms with Crippen LogP contribution in [0, 0.1) is 5.92 Å². The molecule has 6 heteroatoms. The van der Waals surface area contributed by atoms with E-state index in [1.165, 1.54) is 0 Å². The minimum Gasteiger partial charge on any atom is -0.458 e. The summed E-state index contributed by atoms with van der Waals surface area (Å²) < 4.78 is 11.0. The fourth-order valence-corrected chi connectivity index (χ4v) is 3.35. The van der Waals surface area contributed by atoms with E-state index in [0.717, 1.165) is 0 Å². The van der Waals surface area contributed by atoms with Crippen molar-refractivity contribution in [2.45, 2.75) is 70.9 Å². The van der Waals surface area contributed by atoms with E-state index in [1.54, 1.807) is 39.8 Å². The highest BCUT2D eigenvalue weighted by Gasteiger charge is 2.47. The Bertz CT molecular complexity index is 657. The van der Waals surface area contributed by atoms with Crippen LogP contribution in [0.1, 0.15) is 47.0 Å². The predicted molar refractivity (Wildman–Crippen MR) is 96.1 cm³/mol. The molecule has 2 N–H and O–H groups in total. The average Bonchev–Trinajstić information content (AvgIpc) is 2.84. The number of aliphatic hydroxyl groups excluding tert-OH is 1. The van der Waals surface area contributed by atoms with Crippen molar-refractivity contribution in [1.82, 2.24) is 0 Å². The van der Waals surface area contributed by atoms with E-state index in [0.29, 0.717) is 24.0 Å². The molecule has 2 aliphatic rings. The van der Waals surface area contributed by atoms with E-state index in [9.17, 15) is 19.8 Å². The number of hydrogen-bond donors (Lipinski definition) is 2. The van der Waals surface area contributed by atoms with Crippen LogP contribution in [0.25, 0.3) is 0 Å². The molecule has 144 valence electrons. The summed E-state index contributed by atoms with van der Waals surface area (Å²) in [5.74, 6) is -1.67. The van der Waals surface area contributed by atoms with Crippen LogP contribution in [0.4, 0.5) is 0 Å². The van der Waals surface area contributed by atoms with Gasteiger partial charge in [0.15, 0.2) is 0 Å². The number of esters is 2. The van der Waals surface area contributed by atoms with Gasteiger partial charge in [0.05, 0.1) is 17.6 Å². The highest BCUT2D eigenvalue weighted by atomic mass is 16.6. The number of fused-ring (bicyclic) bond motifs is 1. The van der Waals surface area contributed by atoms with Crippen molar-refractivity contribution < 1.29 is 29.3 Å². The number of carbonyl (C=O) groups excluding carboxylic acids is 2. The molecule has 0 bridgehead atoms. The van der Waals surface area contributed by atoms with E-state index in [4.69, 9.17) is 9.47 Å². The largest absolute Gasteiger partial charge is 0.458 e. The van der Waals surface area contributed by atoms with Crippen LogP contribution in [-0.4, -0.2) is 46.1 Å². The second kappa shape index (κ2) is 7.76. The van der Waals surface area contributed by atoms with Crippen LogP contribution >= 0.6 is 0 Å². The van der Waals surface area contributed by atoms with Crippen molar-refractivity contribution in [3.63, 3.8) is 0 Å². The molecule has 5 atom stereocenters. The zero-order valence-electron chi connectivity index (χ0n) is 15.8. The van der Waals surface area contributed by atoms with Crippen molar-refractivity contribution in [1.29, 1.82) is 0 Å². The monoisotopic (exact) mass is 364 g/mol. The first kappa shape index (κ1) is 20.4. The lowest BCUT2D eigenvalue weighted by Gasteiger charge is -2.34. The molecular weight excluding hydrogens is 336 g/mol. The molecule has 5 unspecified atom stereocenters. The molecule has 0 spiro atoms. The summed E-state index contributed by atoms with van der Waals surface area (Å²) in [7, 11) is 0. The lowest BCUT2D eigenvalue weighted by molar-refractivity contribution is -0.151. The molecule has 1 aliphatic carbocycles. The molecule has 0 aromatic carbocycles. The molecule has 0 aromatic heterocycles. The smallest absolute Gasteiger partial charge is 0.334 e. The fraction of sp³-hybridized carbons (Fsp3) is 0.600. The van der Waals surface area contributed by atoms with Gasteiger partial charge < -0.3 is 19.7 Å². The van der Waals surface area contributed by atoms with Gasteiger partial charge in [-0.1, -0.05) is 12.7 Å². The van der Waals surface area contributed by atoms with Crippen LogP contribution in [0.15, 0.2) is 35.5 Å². The van der Waals surface area contributed by atoms with Crippen LogP contribution in [0.5, 0.6) is 0 Å². The molecule has 6 nitrogen and oxygen atoms in total. The second-order valence-corrected chi connectivity index (χ2v) is 7.50. The van der Waals surface area contributed by atoms with Gasteiger partial charge in [0.25, 0.3) is 0 Å². The quantitative estimate of drug-likeness (QED) is 0.443. The number of ether oxygens (including phenoxy) is 2. The Morgan fingerprint density at radius 1 is 1.50 bits per heavy atom. The minimum absolute atomic E-state index is 0.117. The summed E-state index contributed by atoms with van der Waals surface area (Å²) >= 11 is 0. The molecule has 26 heavy (non-hydrogen) atoms. The number of aliphatic hydroxyl groups is 2. The fourth-order valence-electron chi connectivity index (χ4n) is 3.35. The first-order valence-electron chi connectivity index (χ1n) is 8.88. The lowest BCUT2D eigenvalue weighted by Crippen LogP contribution is -2.41. The standard InChI is InChI=1S/C20H28O6/c1-6-11(2)18(22)26-16-10-20(5,24)8-7-14(21)12(3)9-15-17(16)13(4)19(23)25-15/h6,9,14-17,21,24H,4,7-8,10H2,1-3,5H3/b11-6+,12-9+. The summed E-state index contributed by atoms with van der Waals surface area (Å²) in [5, 5.41) is 21.0. The van der Waals surface area contributed by atoms with Gasteiger partial charge in [-0.15, -0.1) is 0 Å². The van der Waals surface area contributed by atoms with Crippen LogP contribution < -0.4 is 0 Å². The van der Waals surface area contributed by atoms with Crippen LogP contribution in [0.3, 0.4) is 0 Å². The molecule has 1 heterocycles. The molecule has 1 aliphatic heterocycles. The van der Waals surface area contributed by atoms with Gasteiger partial charge in [-0.05, 0) is 52.2 Å². The van der Waals surface area contributed by atoms with Gasteiger partial charge in [-0.25, -0.2) is 9.59 Å². The summed E-state index contributed by atoms with van der Waals surface area (Å²) in [6.07, 6.45) is 1.94. The molecule has 0 aromatic rings. The molecule has 2 rings (SSSR count). The summed E-state index contributed by atoms with van der Waals surface area (Å²) in [6, 6.07) is 0. The predicted octanol–water partition coefficient (Wildman–Crippen LogP) is 2.20. The lowest BCUT2D eigenvalue weighted by atomic mass is 9.80. The van der Waals surface area contributed by atoms with Crippen LogP contribution in [0.2, 0.25) is 0 Å². The maximum absolute atomic E-state index is 12.3. The normalized spacial score (nSPS) is 38.1. The minimum atomic E-state index is -1.18. The van der Waals surface area contributed by atoms with Crippen molar-refractivity contribution in [3.05, 3.63) is 35.5 Å². The van der Waals surface area contributed by atoms with E-state index in [1.807, 2.05) is 0 Å². The molecule has 0 radical (unpaired) electrons. The highest BCUT2D eigenvalue weighted by Crippen LogP contribution is 2.38. The number of allylic oxidation sites excluding steroid dienone is 1. The Labute approximate surface area is 154 Å². The summed E-state index contributed by atoms with van der Waals surface area (Å²) in [5.41, 5.74) is 0.121. The van der Waals surface area contributed by atoms with E-state index in [2.05, 4.69) is 6.58 Å². The Balaban J connectivity index is 2.45. The third-order valence-corrected chi connectivity index (χ3v) is 5.23. The Morgan fingerprint density at radius 3 is 2.77 bits per heavy atom. The molecule has 1 saturated heterocycles. The molecule has 1 fully saturated rings. The number of rotatable bonds is 2. The highest BCUT2D eigenvalue weighted by molar-refractivity contribution is 5.92. The van der Waals surface area contributed by atoms with Gasteiger partial charge in [-0.2, -0.15) is 0 Å². The Kier molecular flexibility index (Phi) is 6.09. The van der Waals surface area contributed by atoms with E-state index in [-0.39, 0.29) is 12.0 Å². The van der Waals surface area contributed by atoms with Crippen molar-refractivity contribution in [2.24, 2.45) is 5.92 Å². The second-order valence-electron chi connectivity index (χ2n) is 7.50. The van der Waals surface area contributed by atoms with Crippen molar-refractivity contribution >= 4 is 11.9 Å². The molecular formula is C20H28O6. The topological polar surface area (TPSA) is 93.1 Å². The third kappa shape index (κ3) is 4.43. The van der Waals surface area contributed by atoms with Crippen molar-refractivity contribution in [3.8, 4) is 0 Å². The van der Waals surface area contributed by atoms with E-state index >= 15 is 0 Å². The Morgan fingerprint density at radius 2 is 2.15 bits per heavy atom. The Hall–Kier alpha value is -1.92. The zero-order valence-corrected chi connectivity index (χ0v) is 15.8. The first-order chi connectivity index (χ1) is 12.1. The van der Waals surface area contributed by atoms with Gasteiger partial charge in [-0.3, -0.25) is 0 Å². The SMILES string of the molecule is C=C1C(=O)OC2/C=C(\C)C(O)CCC(C)(O)CC(OC(=O)/C(C)=C/C)C12. The van der Waals surface area contributed by atoms with E-state index < -0.39 is 41.8 Å². The first-order valence-corrected chi connectivity index (χ1v) is 8.88. The number of carbonyl (C=O) groups is 2. The van der Waals surface area contributed by atoms with Gasteiger partial charge in [0.1, 0.15) is 12.2 Å². The maximum Gasteiger partial charge on any atom is 0.334 e. The van der Waals surface area contributed by atoms with Crippen LogP contribution in [-0.2, 0) is 19.1 Å². The van der Waals surface area contributed by atoms with Gasteiger partial charge >= 0.3 is 11.9 Å².